The van der Waals surface area contributed by atoms with Gasteiger partial charge in [-0.2, -0.15) is 0 Å². The molecule has 2 aromatic rings. The second-order valence-corrected chi connectivity index (χ2v) is 6.72. The fourth-order valence-electron chi connectivity index (χ4n) is 2.27. The number of hydrogen-bond acceptors (Lipinski definition) is 3. The Labute approximate surface area is 124 Å². The van der Waals surface area contributed by atoms with E-state index >= 15 is 0 Å². The average molecular weight is 306 g/mol. The molecule has 0 spiro atoms. The zero-order chi connectivity index (χ0) is 15.5. The van der Waals surface area contributed by atoms with Crippen LogP contribution < -0.4 is 0 Å². The van der Waals surface area contributed by atoms with Crippen LogP contribution in [0, 0.1) is 12.0 Å². The van der Waals surface area contributed by atoms with Crippen molar-refractivity contribution in [3.8, 4) is 12.0 Å². The first-order chi connectivity index (χ1) is 9.93. The normalized spacial score (nSPS) is 11.2. The van der Waals surface area contributed by atoms with E-state index in [0.717, 1.165) is 27.0 Å². The topological polar surface area (TPSA) is 62.5 Å². The van der Waals surface area contributed by atoms with E-state index in [1.165, 1.54) is 0 Å². The van der Waals surface area contributed by atoms with Crippen LogP contribution in [0.25, 0.3) is 10.9 Å². The number of hydrogen-bond donors (Lipinski definition) is 1. The lowest BCUT2D eigenvalue weighted by atomic mass is 10.1. The maximum atomic E-state index is 11.7. The molecule has 1 N–H and O–H groups in total. The van der Waals surface area contributed by atoms with E-state index in [1.807, 2.05) is 42.1 Å². The molecule has 112 valence electrons. The lowest BCUT2D eigenvalue weighted by Crippen LogP contribution is -2.27. The van der Waals surface area contributed by atoms with Gasteiger partial charge >= 0.3 is 0 Å². The number of aliphatic hydroxyl groups is 1. The van der Waals surface area contributed by atoms with Crippen LogP contribution in [0.3, 0.4) is 0 Å². The highest BCUT2D eigenvalue weighted by molar-refractivity contribution is 7.88. The van der Waals surface area contributed by atoms with Crippen LogP contribution in [-0.4, -0.2) is 41.8 Å². The molecule has 0 radical (unpaired) electrons. The molecule has 6 heteroatoms. The molecule has 0 unspecified atom stereocenters. The van der Waals surface area contributed by atoms with Gasteiger partial charge in [0.25, 0.3) is 0 Å². The Bertz CT molecular complexity index is 797. The van der Waals surface area contributed by atoms with Gasteiger partial charge in [-0.25, -0.2) is 12.7 Å². The molecule has 0 saturated heterocycles. The largest absolute Gasteiger partial charge is 0.384 e. The molecule has 0 fully saturated rings. The van der Waals surface area contributed by atoms with E-state index in [4.69, 9.17) is 5.11 Å². The minimum Gasteiger partial charge on any atom is -0.384 e. The van der Waals surface area contributed by atoms with Crippen molar-refractivity contribution in [3.63, 3.8) is 0 Å². The predicted octanol–water partition coefficient (Wildman–Crippen LogP) is 0.936. The smallest absolute Gasteiger partial charge is 0.238 e. The van der Waals surface area contributed by atoms with Gasteiger partial charge in [-0.05, 0) is 18.1 Å². The summed E-state index contributed by atoms with van der Waals surface area (Å²) in [6.07, 6.45) is 3.68. The maximum absolute atomic E-state index is 11.7. The van der Waals surface area contributed by atoms with E-state index in [1.54, 1.807) is 0 Å². The summed E-state index contributed by atoms with van der Waals surface area (Å²) in [7, 11) is -1.45. The Morgan fingerprint density at radius 2 is 2.05 bits per heavy atom. The third-order valence-electron chi connectivity index (χ3n) is 3.25. The molecule has 0 atom stereocenters. The molecule has 0 saturated carbocycles. The Hall–Kier alpha value is -1.97. The fraction of sp³-hybridized carbons (Fsp3) is 0.333. The van der Waals surface area contributed by atoms with E-state index in [2.05, 4.69) is 12.0 Å². The van der Waals surface area contributed by atoms with Gasteiger partial charge in [0.05, 0.1) is 6.26 Å². The van der Waals surface area contributed by atoms with Gasteiger partial charge in [0.15, 0.2) is 0 Å². The van der Waals surface area contributed by atoms with Gasteiger partial charge in [-0.3, -0.25) is 0 Å². The first-order valence-corrected chi connectivity index (χ1v) is 8.38. The van der Waals surface area contributed by atoms with Crippen LogP contribution in [0.5, 0.6) is 0 Å². The van der Waals surface area contributed by atoms with Crippen molar-refractivity contribution in [3.05, 3.63) is 36.0 Å². The van der Waals surface area contributed by atoms with E-state index in [-0.39, 0.29) is 13.2 Å². The quantitative estimate of drug-likeness (QED) is 0.675. The van der Waals surface area contributed by atoms with Crippen LogP contribution >= 0.6 is 0 Å². The minimum atomic E-state index is -3.41. The van der Waals surface area contributed by atoms with E-state index in [9.17, 15) is 8.42 Å². The Balaban J connectivity index is 2.24. The van der Waals surface area contributed by atoms with E-state index in [0.29, 0.717) is 6.42 Å². The molecule has 0 bridgehead atoms. The summed E-state index contributed by atoms with van der Waals surface area (Å²) in [6, 6.07) is 10.5. The summed E-state index contributed by atoms with van der Waals surface area (Å²) >= 11 is 0. The SMILES string of the molecule is Cn1cc(CCN(C#CCO)S(C)(=O)=O)c2ccccc21. The number of aliphatic hydroxyl groups excluding tert-OH is 1. The van der Waals surface area contributed by atoms with Crippen molar-refractivity contribution in [1.82, 2.24) is 8.87 Å². The minimum absolute atomic E-state index is 0.264. The Morgan fingerprint density at radius 1 is 1.33 bits per heavy atom. The van der Waals surface area contributed by atoms with Crippen molar-refractivity contribution >= 4 is 20.9 Å². The molecular formula is C15H18N2O3S. The fourth-order valence-corrected chi connectivity index (χ4v) is 2.93. The van der Waals surface area contributed by atoms with Crippen LogP contribution in [0.1, 0.15) is 5.56 Å². The molecule has 1 aromatic heterocycles. The van der Waals surface area contributed by atoms with Crippen LogP contribution in [0.15, 0.2) is 30.5 Å². The average Bonchev–Trinajstić information content (AvgIpc) is 2.75. The van der Waals surface area contributed by atoms with Gasteiger partial charge in [0, 0.05) is 36.7 Å². The summed E-state index contributed by atoms with van der Waals surface area (Å²) in [5.74, 6) is 2.38. The monoisotopic (exact) mass is 306 g/mol. The van der Waals surface area contributed by atoms with Gasteiger partial charge in [-0.1, -0.05) is 24.1 Å². The van der Waals surface area contributed by atoms with Crippen molar-refractivity contribution in [2.75, 3.05) is 19.4 Å². The van der Waals surface area contributed by atoms with Crippen molar-refractivity contribution in [2.45, 2.75) is 6.42 Å². The number of para-hydroxylation sites is 1. The highest BCUT2D eigenvalue weighted by atomic mass is 32.2. The molecule has 0 aliphatic heterocycles. The van der Waals surface area contributed by atoms with Gasteiger partial charge < -0.3 is 9.67 Å². The number of aromatic nitrogens is 1. The zero-order valence-electron chi connectivity index (χ0n) is 12.1. The Morgan fingerprint density at radius 3 is 2.71 bits per heavy atom. The molecule has 0 amide bonds. The predicted molar refractivity (Wildman–Crippen MR) is 83.0 cm³/mol. The standard InChI is InChI=1S/C15H18N2O3S/c1-16-12-13(14-6-3-4-7-15(14)16)8-10-17(9-5-11-18)21(2,19)20/h3-4,6-7,12,18H,8,10-11H2,1-2H3. The summed E-state index contributed by atoms with van der Waals surface area (Å²) in [5.41, 5.74) is 2.19. The second-order valence-electron chi connectivity index (χ2n) is 4.81. The van der Waals surface area contributed by atoms with E-state index < -0.39 is 10.0 Å². The molecular weight excluding hydrogens is 288 g/mol. The van der Waals surface area contributed by atoms with Gasteiger partial charge in [0.2, 0.25) is 10.0 Å². The molecule has 1 heterocycles. The molecule has 0 aliphatic rings. The number of nitrogens with zero attached hydrogens (tertiary/aromatic N) is 2. The molecule has 1 aromatic carbocycles. The van der Waals surface area contributed by atoms with Crippen LogP contribution in [0.2, 0.25) is 0 Å². The summed E-state index contributed by atoms with van der Waals surface area (Å²) in [5, 5.41) is 9.83. The zero-order valence-corrected chi connectivity index (χ0v) is 12.9. The lowest BCUT2D eigenvalue weighted by molar-refractivity contribution is 0.350. The summed E-state index contributed by atoms with van der Waals surface area (Å²) in [4.78, 5) is 0. The van der Waals surface area contributed by atoms with Crippen LogP contribution in [0.4, 0.5) is 0 Å². The molecule has 21 heavy (non-hydrogen) atoms. The second kappa shape index (κ2) is 6.20. The third-order valence-corrected chi connectivity index (χ3v) is 4.32. The highest BCUT2D eigenvalue weighted by Crippen LogP contribution is 2.21. The highest BCUT2D eigenvalue weighted by Gasteiger charge is 2.14. The van der Waals surface area contributed by atoms with Gasteiger partial charge in [0.1, 0.15) is 6.61 Å². The number of aryl methyl sites for hydroxylation is 1. The number of sulfonamides is 1. The molecule has 5 nitrogen and oxygen atoms in total. The van der Waals surface area contributed by atoms with Crippen molar-refractivity contribution < 1.29 is 13.5 Å². The first-order valence-electron chi connectivity index (χ1n) is 6.53. The number of benzene rings is 1. The summed E-state index contributed by atoms with van der Waals surface area (Å²) < 4.78 is 26.4. The van der Waals surface area contributed by atoms with Crippen molar-refractivity contribution in [1.29, 1.82) is 0 Å². The molecule has 2 rings (SSSR count). The molecule has 0 aliphatic carbocycles. The third kappa shape index (κ3) is 3.57. The van der Waals surface area contributed by atoms with Crippen molar-refractivity contribution in [2.24, 2.45) is 7.05 Å². The Kier molecular flexibility index (Phi) is 4.56. The van der Waals surface area contributed by atoms with Gasteiger partial charge in [-0.15, -0.1) is 0 Å². The lowest BCUT2D eigenvalue weighted by Gasteiger charge is -2.14. The van der Waals surface area contributed by atoms with Crippen LogP contribution in [-0.2, 0) is 23.5 Å². The summed E-state index contributed by atoms with van der Waals surface area (Å²) in [6.45, 7) is -0.0971. The number of rotatable bonds is 4. The maximum Gasteiger partial charge on any atom is 0.238 e. The first kappa shape index (κ1) is 15.4. The number of fused-ring (bicyclic) bond motifs is 1.